The second kappa shape index (κ2) is 11.0. The molecule has 1 fully saturated rings. The first-order valence-corrected chi connectivity index (χ1v) is 11.2. The Morgan fingerprint density at radius 3 is 2.17 bits per heavy atom. The lowest BCUT2D eigenvalue weighted by Crippen LogP contribution is -2.06. The highest BCUT2D eigenvalue weighted by molar-refractivity contribution is 5.75. The first-order valence-electron chi connectivity index (χ1n) is 11.2. The Balaban J connectivity index is 1.55. The van der Waals surface area contributed by atoms with E-state index in [1.165, 1.54) is 19.3 Å². The molecule has 3 heteroatoms. The van der Waals surface area contributed by atoms with Crippen LogP contribution in [0.3, 0.4) is 0 Å². The van der Waals surface area contributed by atoms with Crippen LogP contribution in [-0.4, -0.2) is 12.6 Å². The van der Waals surface area contributed by atoms with Gasteiger partial charge in [0, 0.05) is 6.42 Å². The van der Waals surface area contributed by atoms with Crippen LogP contribution >= 0.6 is 0 Å². The fraction of sp³-hybridized carbons (Fsp3) is 0.500. The summed E-state index contributed by atoms with van der Waals surface area (Å²) in [5.74, 6) is 0.965. The molecule has 0 aliphatic carbocycles. The molecule has 2 aromatic rings. The molecule has 1 aliphatic rings. The molecule has 0 aromatic heterocycles. The third kappa shape index (κ3) is 6.09. The van der Waals surface area contributed by atoms with Gasteiger partial charge in [0.15, 0.2) is 0 Å². The molecule has 0 bridgehead atoms. The van der Waals surface area contributed by atoms with Gasteiger partial charge in [-0.2, -0.15) is 0 Å². The Morgan fingerprint density at radius 1 is 0.862 bits per heavy atom. The zero-order valence-electron chi connectivity index (χ0n) is 17.9. The number of ether oxygens (including phenoxy) is 2. The van der Waals surface area contributed by atoms with Crippen molar-refractivity contribution >= 4 is 5.97 Å². The topological polar surface area (TPSA) is 35.5 Å². The Hall–Kier alpha value is -2.29. The van der Waals surface area contributed by atoms with Crippen LogP contribution < -0.4 is 4.74 Å². The van der Waals surface area contributed by atoms with Gasteiger partial charge in [0.05, 0.1) is 12.5 Å². The smallest absolute Gasteiger partial charge is 0.309 e. The summed E-state index contributed by atoms with van der Waals surface area (Å²) < 4.78 is 11.4. The molecule has 0 radical (unpaired) electrons. The van der Waals surface area contributed by atoms with Crippen LogP contribution in [0.4, 0.5) is 0 Å². The highest BCUT2D eigenvalue weighted by atomic mass is 16.6. The van der Waals surface area contributed by atoms with Gasteiger partial charge in [0.2, 0.25) is 0 Å². The lowest BCUT2D eigenvalue weighted by atomic mass is 9.94. The molecule has 3 rings (SSSR count). The number of hydrogen-bond donors (Lipinski definition) is 0. The summed E-state index contributed by atoms with van der Waals surface area (Å²) in [6.07, 6.45) is 8.70. The van der Waals surface area contributed by atoms with E-state index < -0.39 is 0 Å². The van der Waals surface area contributed by atoms with Crippen molar-refractivity contribution in [2.45, 2.75) is 71.3 Å². The molecule has 2 aromatic carbocycles. The van der Waals surface area contributed by atoms with Gasteiger partial charge in [-0.25, -0.2) is 0 Å². The zero-order chi connectivity index (χ0) is 20.5. The van der Waals surface area contributed by atoms with Crippen molar-refractivity contribution in [1.82, 2.24) is 0 Å². The highest BCUT2D eigenvalue weighted by Crippen LogP contribution is 2.36. The first-order chi connectivity index (χ1) is 14.2. The van der Waals surface area contributed by atoms with Gasteiger partial charge < -0.3 is 9.47 Å². The average Bonchev–Trinajstić information content (AvgIpc) is 3.13. The molecular formula is C26H34O3. The number of hydrogen-bond acceptors (Lipinski definition) is 3. The fourth-order valence-electron chi connectivity index (χ4n) is 3.86. The first kappa shape index (κ1) is 21.4. The van der Waals surface area contributed by atoms with Gasteiger partial charge in [0.1, 0.15) is 11.9 Å². The zero-order valence-corrected chi connectivity index (χ0v) is 17.9. The van der Waals surface area contributed by atoms with Gasteiger partial charge in [0.25, 0.3) is 0 Å². The maximum atomic E-state index is 12.2. The standard InChI is InChI=1S/C26H34O3/c1-3-5-7-8-9-23-19-25(29-26(23)27)22-12-10-20(11-13-22)21-14-16-24(17-15-21)28-18-6-4-2/h10-17,23,25H,3-9,18-19H2,1-2H3. The molecule has 156 valence electrons. The Bertz CT molecular complexity index is 749. The van der Waals surface area contributed by atoms with Crippen molar-refractivity contribution in [3.8, 4) is 16.9 Å². The molecule has 3 nitrogen and oxygen atoms in total. The van der Waals surface area contributed by atoms with Crippen LogP contribution in [0, 0.1) is 5.92 Å². The molecule has 1 heterocycles. The molecule has 2 unspecified atom stereocenters. The van der Waals surface area contributed by atoms with Crippen LogP contribution in [0.25, 0.3) is 11.1 Å². The molecule has 1 aliphatic heterocycles. The van der Waals surface area contributed by atoms with Crippen molar-refractivity contribution in [1.29, 1.82) is 0 Å². The summed E-state index contributed by atoms with van der Waals surface area (Å²) in [6, 6.07) is 16.7. The summed E-state index contributed by atoms with van der Waals surface area (Å²) in [7, 11) is 0. The van der Waals surface area contributed by atoms with E-state index in [9.17, 15) is 4.79 Å². The molecule has 1 saturated heterocycles. The van der Waals surface area contributed by atoms with Crippen molar-refractivity contribution in [2.75, 3.05) is 6.61 Å². The lowest BCUT2D eigenvalue weighted by molar-refractivity contribution is -0.144. The van der Waals surface area contributed by atoms with Gasteiger partial charge in [-0.15, -0.1) is 0 Å². The lowest BCUT2D eigenvalue weighted by Gasteiger charge is -2.11. The van der Waals surface area contributed by atoms with Gasteiger partial charge in [-0.3, -0.25) is 4.79 Å². The predicted octanol–water partition coefficient (Wildman–Crippen LogP) is 7.11. The quantitative estimate of drug-likeness (QED) is 0.301. The number of esters is 1. The summed E-state index contributed by atoms with van der Waals surface area (Å²) in [5, 5.41) is 0. The number of carbonyl (C=O) groups excluding carboxylic acids is 1. The van der Waals surface area contributed by atoms with E-state index in [-0.39, 0.29) is 18.0 Å². The van der Waals surface area contributed by atoms with Crippen LogP contribution in [0.2, 0.25) is 0 Å². The van der Waals surface area contributed by atoms with E-state index in [1.54, 1.807) is 0 Å². The maximum Gasteiger partial charge on any atom is 0.309 e. The molecular weight excluding hydrogens is 360 g/mol. The summed E-state index contributed by atoms with van der Waals surface area (Å²) in [4.78, 5) is 12.2. The number of benzene rings is 2. The monoisotopic (exact) mass is 394 g/mol. The Kier molecular flexibility index (Phi) is 8.15. The minimum Gasteiger partial charge on any atom is -0.494 e. The van der Waals surface area contributed by atoms with Crippen molar-refractivity contribution in [3.05, 3.63) is 54.1 Å². The summed E-state index contributed by atoms with van der Waals surface area (Å²) in [5.41, 5.74) is 3.42. The van der Waals surface area contributed by atoms with E-state index in [2.05, 4.69) is 50.2 Å². The average molecular weight is 395 g/mol. The van der Waals surface area contributed by atoms with E-state index in [0.29, 0.717) is 0 Å². The van der Waals surface area contributed by atoms with Crippen molar-refractivity contribution in [2.24, 2.45) is 5.92 Å². The van der Waals surface area contributed by atoms with Gasteiger partial charge >= 0.3 is 5.97 Å². The number of rotatable bonds is 11. The highest BCUT2D eigenvalue weighted by Gasteiger charge is 2.34. The van der Waals surface area contributed by atoms with Crippen molar-refractivity contribution in [3.63, 3.8) is 0 Å². The maximum absolute atomic E-state index is 12.2. The molecule has 0 amide bonds. The van der Waals surface area contributed by atoms with Crippen LogP contribution in [0.1, 0.15) is 76.9 Å². The second-order valence-corrected chi connectivity index (χ2v) is 8.06. The molecule has 0 spiro atoms. The van der Waals surface area contributed by atoms with E-state index >= 15 is 0 Å². The fourth-order valence-corrected chi connectivity index (χ4v) is 3.86. The van der Waals surface area contributed by atoms with Crippen LogP contribution in [0.15, 0.2) is 48.5 Å². The third-order valence-corrected chi connectivity index (χ3v) is 5.73. The third-order valence-electron chi connectivity index (χ3n) is 5.73. The second-order valence-electron chi connectivity index (χ2n) is 8.06. The predicted molar refractivity (Wildman–Crippen MR) is 118 cm³/mol. The molecule has 0 N–H and O–H groups in total. The number of carbonyl (C=O) groups is 1. The largest absolute Gasteiger partial charge is 0.494 e. The minimum atomic E-state index is -0.0953. The summed E-state index contributed by atoms with van der Waals surface area (Å²) in [6.45, 7) is 5.14. The van der Waals surface area contributed by atoms with E-state index in [0.717, 1.165) is 61.2 Å². The Labute approximate surface area is 175 Å². The van der Waals surface area contributed by atoms with Crippen LogP contribution in [-0.2, 0) is 9.53 Å². The normalized spacial score (nSPS) is 18.6. The van der Waals surface area contributed by atoms with Crippen LogP contribution in [0.5, 0.6) is 5.75 Å². The van der Waals surface area contributed by atoms with E-state index in [4.69, 9.17) is 9.47 Å². The van der Waals surface area contributed by atoms with E-state index in [1.807, 2.05) is 12.1 Å². The molecule has 2 atom stereocenters. The summed E-state index contributed by atoms with van der Waals surface area (Å²) >= 11 is 0. The Morgan fingerprint density at radius 2 is 1.52 bits per heavy atom. The van der Waals surface area contributed by atoms with Gasteiger partial charge in [-0.05, 0) is 41.7 Å². The molecule has 29 heavy (non-hydrogen) atoms. The SMILES string of the molecule is CCCCCCC1CC(c2ccc(-c3ccc(OCCCC)cc3)cc2)OC1=O. The minimum absolute atomic E-state index is 0.0192. The number of unbranched alkanes of at least 4 members (excludes halogenated alkanes) is 4. The number of cyclic esters (lactones) is 1. The van der Waals surface area contributed by atoms with Crippen molar-refractivity contribution < 1.29 is 14.3 Å². The molecule has 0 saturated carbocycles. The van der Waals surface area contributed by atoms with Gasteiger partial charge in [-0.1, -0.05) is 82.3 Å².